The number of carbonyl (C=O) groups is 2. The van der Waals surface area contributed by atoms with Crippen molar-refractivity contribution < 1.29 is 22.8 Å². The summed E-state index contributed by atoms with van der Waals surface area (Å²) in [6.45, 7) is 1.97. The van der Waals surface area contributed by atoms with E-state index in [9.17, 15) is 22.8 Å². The van der Waals surface area contributed by atoms with Gasteiger partial charge in [0, 0.05) is 13.1 Å². The standard InChI is InChI=1S/C14H17F3N2O2/c1-10-5-2-3-6-11(10)9-12(20)18-7-4-8-19-13(21)14(15,16)17/h2-3,5-6H,4,7-9H2,1H3,(H,18,20)(H,19,21). The fraction of sp³-hybridized carbons (Fsp3) is 0.429. The van der Waals surface area contributed by atoms with Gasteiger partial charge in [0.15, 0.2) is 0 Å². The number of amides is 2. The quantitative estimate of drug-likeness (QED) is 0.786. The van der Waals surface area contributed by atoms with Gasteiger partial charge in [0.05, 0.1) is 6.42 Å². The van der Waals surface area contributed by atoms with Crippen LogP contribution in [-0.2, 0) is 16.0 Å². The highest BCUT2D eigenvalue weighted by atomic mass is 19.4. The molecule has 0 saturated carbocycles. The lowest BCUT2D eigenvalue weighted by atomic mass is 10.1. The number of alkyl halides is 3. The third-order valence-electron chi connectivity index (χ3n) is 2.83. The zero-order valence-corrected chi connectivity index (χ0v) is 11.6. The van der Waals surface area contributed by atoms with Gasteiger partial charge in [-0.15, -0.1) is 0 Å². The van der Waals surface area contributed by atoms with Crippen LogP contribution in [0.15, 0.2) is 24.3 Å². The van der Waals surface area contributed by atoms with Crippen LogP contribution in [0.3, 0.4) is 0 Å². The van der Waals surface area contributed by atoms with Crippen LogP contribution in [0.25, 0.3) is 0 Å². The second-order valence-corrected chi connectivity index (χ2v) is 4.56. The van der Waals surface area contributed by atoms with E-state index in [-0.39, 0.29) is 31.8 Å². The lowest BCUT2D eigenvalue weighted by molar-refractivity contribution is -0.173. The number of aryl methyl sites for hydroxylation is 1. The predicted molar refractivity (Wildman–Crippen MR) is 71.6 cm³/mol. The molecule has 116 valence electrons. The van der Waals surface area contributed by atoms with Gasteiger partial charge in [-0.25, -0.2) is 0 Å². The number of carbonyl (C=O) groups excluding carboxylic acids is 2. The minimum Gasteiger partial charge on any atom is -0.356 e. The highest BCUT2D eigenvalue weighted by Gasteiger charge is 2.38. The molecule has 0 heterocycles. The van der Waals surface area contributed by atoms with Crippen LogP contribution in [0.1, 0.15) is 17.5 Å². The molecule has 21 heavy (non-hydrogen) atoms. The number of nitrogens with one attached hydrogen (secondary N) is 2. The predicted octanol–water partition coefficient (Wildman–Crippen LogP) is 1.72. The second-order valence-electron chi connectivity index (χ2n) is 4.56. The molecule has 0 bridgehead atoms. The summed E-state index contributed by atoms with van der Waals surface area (Å²) in [5.74, 6) is -2.17. The monoisotopic (exact) mass is 302 g/mol. The van der Waals surface area contributed by atoms with E-state index >= 15 is 0 Å². The van der Waals surface area contributed by atoms with Crippen LogP contribution in [0.5, 0.6) is 0 Å². The van der Waals surface area contributed by atoms with Gasteiger partial charge in [-0.2, -0.15) is 13.2 Å². The molecule has 0 aliphatic rings. The summed E-state index contributed by atoms with van der Waals surface area (Å²) in [5.41, 5.74) is 1.91. The zero-order valence-electron chi connectivity index (χ0n) is 11.6. The van der Waals surface area contributed by atoms with Crippen LogP contribution in [-0.4, -0.2) is 31.1 Å². The van der Waals surface area contributed by atoms with Gasteiger partial charge in [0.25, 0.3) is 0 Å². The largest absolute Gasteiger partial charge is 0.471 e. The summed E-state index contributed by atoms with van der Waals surface area (Å²) < 4.78 is 35.7. The van der Waals surface area contributed by atoms with Gasteiger partial charge in [-0.1, -0.05) is 24.3 Å². The minimum absolute atomic E-state index is 0.136. The molecule has 0 unspecified atom stereocenters. The Bertz CT molecular complexity index is 501. The van der Waals surface area contributed by atoms with E-state index in [1.807, 2.05) is 31.2 Å². The SMILES string of the molecule is Cc1ccccc1CC(=O)NCCCNC(=O)C(F)(F)F. The van der Waals surface area contributed by atoms with E-state index in [0.29, 0.717) is 0 Å². The average molecular weight is 302 g/mol. The third kappa shape index (κ3) is 6.29. The Kier molecular flexibility index (Phi) is 6.20. The molecule has 2 N–H and O–H groups in total. The normalized spacial score (nSPS) is 11.0. The van der Waals surface area contributed by atoms with Gasteiger partial charge in [0.1, 0.15) is 0 Å². The van der Waals surface area contributed by atoms with Crippen molar-refractivity contribution >= 4 is 11.8 Å². The molecule has 0 aliphatic carbocycles. The Labute approximate surface area is 120 Å². The van der Waals surface area contributed by atoms with Gasteiger partial charge in [-0.3, -0.25) is 9.59 Å². The van der Waals surface area contributed by atoms with E-state index < -0.39 is 12.1 Å². The van der Waals surface area contributed by atoms with Crippen molar-refractivity contribution in [2.24, 2.45) is 0 Å². The molecule has 4 nitrogen and oxygen atoms in total. The van der Waals surface area contributed by atoms with Crippen LogP contribution >= 0.6 is 0 Å². The number of hydrogen-bond acceptors (Lipinski definition) is 2. The van der Waals surface area contributed by atoms with Crippen molar-refractivity contribution in [1.82, 2.24) is 10.6 Å². The van der Waals surface area contributed by atoms with Crippen LogP contribution in [0, 0.1) is 6.92 Å². The maximum atomic E-state index is 11.9. The number of hydrogen-bond donors (Lipinski definition) is 2. The molecule has 1 aromatic rings. The highest BCUT2D eigenvalue weighted by Crippen LogP contribution is 2.13. The Morgan fingerprint density at radius 3 is 2.33 bits per heavy atom. The second kappa shape index (κ2) is 7.66. The summed E-state index contributed by atoms with van der Waals surface area (Å²) in [5, 5.41) is 4.34. The third-order valence-corrected chi connectivity index (χ3v) is 2.83. The van der Waals surface area contributed by atoms with Crippen molar-refractivity contribution in [2.45, 2.75) is 25.9 Å². The fourth-order valence-electron chi connectivity index (χ4n) is 1.66. The first-order valence-corrected chi connectivity index (χ1v) is 6.47. The molecule has 1 aromatic carbocycles. The molecule has 2 amide bonds. The van der Waals surface area contributed by atoms with Gasteiger partial charge in [-0.05, 0) is 24.5 Å². The molecule has 1 rings (SSSR count). The molecule has 0 saturated heterocycles. The first-order chi connectivity index (χ1) is 9.80. The van der Waals surface area contributed by atoms with Crippen molar-refractivity contribution in [3.05, 3.63) is 35.4 Å². The Balaban J connectivity index is 2.20. The lowest BCUT2D eigenvalue weighted by Crippen LogP contribution is -2.38. The van der Waals surface area contributed by atoms with Gasteiger partial charge >= 0.3 is 12.1 Å². The molecule has 0 aromatic heterocycles. The summed E-state index contributed by atoms with van der Waals surface area (Å²) in [4.78, 5) is 22.2. The van der Waals surface area contributed by atoms with E-state index in [4.69, 9.17) is 0 Å². The van der Waals surface area contributed by atoms with Crippen molar-refractivity contribution in [2.75, 3.05) is 13.1 Å². The Morgan fingerprint density at radius 1 is 1.10 bits per heavy atom. The summed E-state index contributed by atoms with van der Waals surface area (Å²) in [6, 6.07) is 7.45. The molecule has 0 radical (unpaired) electrons. The van der Waals surface area contributed by atoms with Crippen molar-refractivity contribution in [3.8, 4) is 0 Å². The molecule has 7 heteroatoms. The molecule has 0 atom stereocenters. The first-order valence-electron chi connectivity index (χ1n) is 6.47. The van der Waals surface area contributed by atoms with Crippen molar-refractivity contribution in [3.63, 3.8) is 0 Å². The van der Waals surface area contributed by atoms with Crippen LogP contribution < -0.4 is 10.6 Å². The smallest absolute Gasteiger partial charge is 0.356 e. The van der Waals surface area contributed by atoms with E-state index in [0.717, 1.165) is 11.1 Å². The zero-order chi connectivity index (χ0) is 15.9. The summed E-state index contributed by atoms with van der Waals surface area (Å²) >= 11 is 0. The molecular weight excluding hydrogens is 285 g/mol. The highest BCUT2D eigenvalue weighted by molar-refractivity contribution is 5.81. The Hall–Kier alpha value is -2.05. The lowest BCUT2D eigenvalue weighted by Gasteiger charge is -2.09. The van der Waals surface area contributed by atoms with Crippen LogP contribution in [0.4, 0.5) is 13.2 Å². The van der Waals surface area contributed by atoms with Gasteiger partial charge < -0.3 is 10.6 Å². The van der Waals surface area contributed by atoms with E-state index in [2.05, 4.69) is 5.32 Å². The molecule has 0 fully saturated rings. The summed E-state index contributed by atoms with van der Waals surface area (Å²) in [6.07, 6.45) is -4.41. The topological polar surface area (TPSA) is 58.2 Å². The number of benzene rings is 1. The van der Waals surface area contributed by atoms with Crippen LogP contribution in [0.2, 0.25) is 0 Å². The van der Waals surface area contributed by atoms with E-state index in [1.54, 1.807) is 5.32 Å². The maximum absolute atomic E-state index is 11.9. The number of halogens is 3. The molecular formula is C14H17F3N2O2. The van der Waals surface area contributed by atoms with E-state index in [1.165, 1.54) is 0 Å². The summed E-state index contributed by atoms with van der Waals surface area (Å²) in [7, 11) is 0. The first kappa shape index (κ1) is 17.0. The molecule has 0 aliphatic heterocycles. The minimum atomic E-state index is -4.87. The number of rotatable bonds is 6. The van der Waals surface area contributed by atoms with Crippen molar-refractivity contribution in [1.29, 1.82) is 0 Å². The average Bonchev–Trinajstić information content (AvgIpc) is 2.39. The van der Waals surface area contributed by atoms with Gasteiger partial charge in [0.2, 0.25) is 5.91 Å². The fourth-order valence-corrected chi connectivity index (χ4v) is 1.66. The maximum Gasteiger partial charge on any atom is 0.471 e. The molecule has 0 spiro atoms. The Morgan fingerprint density at radius 2 is 1.71 bits per heavy atom.